The Bertz CT molecular complexity index is 401. The molecular formula is C11H12F4N2. The van der Waals surface area contributed by atoms with E-state index in [1.165, 1.54) is 12.1 Å². The zero-order chi connectivity index (χ0) is 13.1. The summed E-state index contributed by atoms with van der Waals surface area (Å²) in [5.74, 6) is 3.92. The Morgan fingerprint density at radius 2 is 2.06 bits per heavy atom. The van der Waals surface area contributed by atoms with Crippen molar-refractivity contribution in [1.82, 2.24) is 5.43 Å². The molecule has 94 valence electrons. The highest BCUT2D eigenvalue weighted by Gasteiger charge is 2.34. The summed E-state index contributed by atoms with van der Waals surface area (Å²) < 4.78 is 50.4. The molecule has 0 aliphatic heterocycles. The SMILES string of the molecule is C=CCC(NN)c1ccc(F)c(C(F)(F)F)c1. The van der Waals surface area contributed by atoms with Gasteiger partial charge in [-0.1, -0.05) is 12.1 Å². The van der Waals surface area contributed by atoms with Crippen molar-refractivity contribution in [2.24, 2.45) is 5.84 Å². The quantitative estimate of drug-likeness (QED) is 0.372. The van der Waals surface area contributed by atoms with E-state index in [9.17, 15) is 17.6 Å². The van der Waals surface area contributed by atoms with E-state index in [1.807, 2.05) is 0 Å². The second-order valence-electron chi connectivity index (χ2n) is 3.48. The summed E-state index contributed by atoms with van der Waals surface area (Å²) in [6.45, 7) is 3.47. The van der Waals surface area contributed by atoms with Crippen molar-refractivity contribution < 1.29 is 17.6 Å². The lowest BCUT2D eigenvalue weighted by Gasteiger charge is -2.16. The minimum Gasteiger partial charge on any atom is -0.271 e. The van der Waals surface area contributed by atoms with E-state index in [0.29, 0.717) is 6.42 Å². The van der Waals surface area contributed by atoms with Gasteiger partial charge in [-0.3, -0.25) is 11.3 Å². The van der Waals surface area contributed by atoms with Crippen LogP contribution in [-0.4, -0.2) is 0 Å². The second-order valence-corrected chi connectivity index (χ2v) is 3.48. The van der Waals surface area contributed by atoms with Gasteiger partial charge in [0.25, 0.3) is 0 Å². The number of hydrazine groups is 1. The molecule has 0 spiro atoms. The zero-order valence-electron chi connectivity index (χ0n) is 8.89. The molecule has 0 bridgehead atoms. The molecule has 0 heterocycles. The summed E-state index contributed by atoms with van der Waals surface area (Å²) in [6, 6.07) is 2.28. The minimum absolute atomic E-state index is 0.265. The monoisotopic (exact) mass is 248 g/mol. The maximum atomic E-state index is 13.0. The van der Waals surface area contributed by atoms with Crippen LogP contribution in [0.2, 0.25) is 0 Å². The predicted octanol–water partition coefficient (Wildman–Crippen LogP) is 2.93. The molecule has 2 nitrogen and oxygen atoms in total. The number of hydrogen-bond donors (Lipinski definition) is 2. The summed E-state index contributed by atoms with van der Waals surface area (Å²) in [4.78, 5) is 0. The lowest BCUT2D eigenvalue weighted by molar-refractivity contribution is -0.140. The average molecular weight is 248 g/mol. The van der Waals surface area contributed by atoms with Crippen molar-refractivity contribution in [3.63, 3.8) is 0 Å². The fourth-order valence-electron chi connectivity index (χ4n) is 1.44. The molecule has 0 saturated carbocycles. The van der Waals surface area contributed by atoms with Gasteiger partial charge in [0.2, 0.25) is 0 Å². The van der Waals surface area contributed by atoms with Gasteiger partial charge in [0.05, 0.1) is 5.56 Å². The van der Waals surface area contributed by atoms with E-state index in [0.717, 1.165) is 12.1 Å². The smallest absolute Gasteiger partial charge is 0.271 e. The Balaban J connectivity index is 3.15. The van der Waals surface area contributed by atoms with Gasteiger partial charge in [-0.25, -0.2) is 4.39 Å². The fourth-order valence-corrected chi connectivity index (χ4v) is 1.44. The molecule has 0 saturated heterocycles. The van der Waals surface area contributed by atoms with Crippen LogP contribution in [0, 0.1) is 5.82 Å². The summed E-state index contributed by atoms with van der Waals surface area (Å²) in [7, 11) is 0. The average Bonchev–Trinajstić information content (AvgIpc) is 2.25. The Hall–Kier alpha value is -1.40. The van der Waals surface area contributed by atoms with Crippen molar-refractivity contribution in [2.45, 2.75) is 18.6 Å². The summed E-state index contributed by atoms with van der Waals surface area (Å²) in [6.07, 6.45) is -2.85. The number of hydrogen-bond acceptors (Lipinski definition) is 2. The first kappa shape index (κ1) is 13.7. The molecule has 3 N–H and O–H groups in total. The standard InChI is InChI=1S/C11H12F4N2/c1-2-3-10(17-16)7-4-5-9(12)8(6-7)11(13,14)15/h2,4-6,10,17H,1,3,16H2. The van der Waals surface area contributed by atoms with Crippen molar-refractivity contribution >= 4 is 0 Å². The van der Waals surface area contributed by atoms with E-state index in [1.54, 1.807) is 0 Å². The molecule has 0 aromatic heterocycles. The van der Waals surface area contributed by atoms with Gasteiger partial charge >= 0.3 is 6.18 Å². The third-order valence-corrected chi connectivity index (χ3v) is 2.30. The first-order valence-electron chi connectivity index (χ1n) is 4.83. The van der Waals surface area contributed by atoms with Crippen LogP contribution >= 0.6 is 0 Å². The third-order valence-electron chi connectivity index (χ3n) is 2.30. The zero-order valence-corrected chi connectivity index (χ0v) is 8.89. The molecule has 1 atom stereocenters. The van der Waals surface area contributed by atoms with Gasteiger partial charge in [-0.05, 0) is 24.1 Å². The molecule has 0 aliphatic rings. The highest BCUT2D eigenvalue weighted by molar-refractivity contribution is 5.29. The molecule has 1 aromatic carbocycles. The van der Waals surface area contributed by atoms with E-state index in [2.05, 4.69) is 12.0 Å². The molecule has 1 unspecified atom stereocenters. The number of nitrogens with one attached hydrogen (secondary N) is 1. The van der Waals surface area contributed by atoms with E-state index in [4.69, 9.17) is 5.84 Å². The van der Waals surface area contributed by atoms with E-state index < -0.39 is 23.6 Å². The minimum atomic E-state index is -4.71. The number of halogens is 4. The molecule has 1 aromatic rings. The molecule has 0 amide bonds. The highest BCUT2D eigenvalue weighted by Crippen LogP contribution is 2.33. The van der Waals surface area contributed by atoms with Gasteiger partial charge < -0.3 is 0 Å². The largest absolute Gasteiger partial charge is 0.419 e. The van der Waals surface area contributed by atoms with E-state index in [-0.39, 0.29) is 5.56 Å². The van der Waals surface area contributed by atoms with E-state index >= 15 is 0 Å². The van der Waals surface area contributed by atoms with Gasteiger partial charge in [0.1, 0.15) is 5.82 Å². The van der Waals surface area contributed by atoms with Crippen molar-refractivity contribution in [2.75, 3.05) is 0 Å². The van der Waals surface area contributed by atoms with Crippen molar-refractivity contribution in [3.8, 4) is 0 Å². The summed E-state index contributed by atoms with van der Waals surface area (Å²) in [5, 5.41) is 0. The maximum absolute atomic E-state index is 13.0. The van der Waals surface area contributed by atoms with Crippen LogP contribution in [0.25, 0.3) is 0 Å². The van der Waals surface area contributed by atoms with Crippen LogP contribution in [0.15, 0.2) is 30.9 Å². The number of nitrogens with two attached hydrogens (primary N) is 1. The molecule has 17 heavy (non-hydrogen) atoms. The Morgan fingerprint density at radius 3 is 2.53 bits per heavy atom. The Kier molecular flexibility index (Phi) is 4.25. The second kappa shape index (κ2) is 5.29. The van der Waals surface area contributed by atoms with Gasteiger partial charge in [0.15, 0.2) is 0 Å². The van der Waals surface area contributed by atoms with Gasteiger partial charge in [-0.15, -0.1) is 6.58 Å². The highest BCUT2D eigenvalue weighted by atomic mass is 19.4. The third kappa shape index (κ3) is 3.28. The molecular weight excluding hydrogens is 236 g/mol. The van der Waals surface area contributed by atoms with Crippen LogP contribution in [0.1, 0.15) is 23.6 Å². The fraction of sp³-hybridized carbons (Fsp3) is 0.273. The van der Waals surface area contributed by atoms with Crippen LogP contribution in [-0.2, 0) is 6.18 Å². The first-order valence-corrected chi connectivity index (χ1v) is 4.83. The molecule has 0 radical (unpaired) electrons. The van der Waals surface area contributed by atoms with Crippen LogP contribution < -0.4 is 11.3 Å². The van der Waals surface area contributed by atoms with Gasteiger partial charge in [-0.2, -0.15) is 13.2 Å². The summed E-state index contributed by atoms with van der Waals surface area (Å²) >= 11 is 0. The molecule has 0 fully saturated rings. The van der Waals surface area contributed by atoms with Crippen molar-refractivity contribution in [3.05, 3.63) is 47.8 Å². The number of benzene rings is 1. The predicted molar refractivity (Wildman–Crippen MR) is 56.3 cm³/mol. The van der Waals surface area contributed by atoms with Gasteiger partial charge in [0, 0.05) is 6.04 Å². The van der Waals surface area contributed by atoms with Crippen LogP contribution in [0.3, 0.4) is 0 Å². The van der Waals surface area contributed by atoms with Crippen LogP contribution in [0.4, 0.5) is 17.6 Å². The number of alkyl halides is 3. The number of rotatable bonds is 4. The first-order chi connectivity index (χ1) is 7.90. The topological polar surface area (TPSA) is 38.0 Å². The molecule has 6 heteroatoms. The Morgan fingerprint density at radius 1 is 1.41 bits per heavy atom. The normalized spacial score (nSPS) is 13.5. The summed E-state index contributed by atoms with van der Waals surface area (Å²) in [5.41, 5.74) is 1.33. The molecule has 1 rings (SSSR count). The molecule has 0 aliphatic carbocycles. The maximum Gasteiger partial charge on any atom is 0.419 e. The van der Waals surface area contributed by atoms with Crippen LogP contribution in [0.5, 0.6) is 0 Å². The van der Waals surface area contributed by atoms with Crippen molar-refractivity contribution in [1.29, 1.82) is 0 Å². The lowest BCUT2D eigenvalue weighted by Crippen LogP contribution is -2.28. The Labute approximate surface area is 96.1 Å². The lowest BCUT2D eigenvalue weighted by atomic mass is 10.0.